The molecule has 94 valence electrons. The molecule has 0 aliphatic rings. The highest BCUT2D eigenvalue weighted by Crippen LogP contribution is 2.21. The lowest BCUT2D eigenvalue weighted by molar-refractivity contribution is -0.117. The summed E-state index contributed by atoms with van der Waals surface area (Å²) in [5.41, 5.74) is 6.19. The molecule has 3 nitrogen and oxygen atoms in total. The zero-order valence-corrected chi connectivity index (χ0v) is 12.3. The van der Waals surface area contributed by atoms with Crippen LogP contribution in [0.5, 0.6) is 0 Å². The van der Waals surface area contributed by atoms with E-state index in [4.69, 9.17) is 5.73 Å². The molecule has 1 amide bonds. The van der Waals surface area contributed by atoms with Gasteiger partial charge in [-0.2, -0.15) is 11.8 Å². The van der Waals surface area contributed by atoms with Gasteiger partial charge in [0, 0.05) is 0 Å². The fourth-order valence-corrected chi connectivity index (χ4v) is 2.19. The molecule has 1 rings (SSSR count). The van der Waals surface area contributed by atoms with Gasteiger partial charge in [0.2, 0.25) is 5.91 Å². The summed E-state index contributed by atoms with van der Waals surface area (Å²) in [6.07, 6.45) is 2.57. The molecule has 6 heteroatoms. The average molecular weight is 368 g/mol. The second kappa shape index (κ2) is 7.17. The molecule has 1 atom stereocenters. The van der Waals surface area contributed by atoms with Gasteiger partial charge in [0.05, 0.1) is 15.3 Å². The first-order chi connectivity index (χ1) is 8.06. The van der Waals surface area contributed by atoms with E-state index >= 15 is 0 Å². The van der Waals surface area contributed by atoms with Gasteiger partial charge in [-0.25, -0.2) is 4.39 Å². The molecule has 0 spiro atoms. The Balaban J connectivity index is 2.64. The van der Waals surface area contributed by atoms with Gasteiger partial charge in [-0.3, -0.25) is 4.79 Å². The Morgan fingerprint density at radius 3 is 3.00 bits per heavy atom. The van der Waals surface area contributed by atoms with E-state index < -0.39 is 6.04 Å². The quantitative estimate of drug-likeness (QED) is 0.786. The normalized spacial score (nSPS) is 12.2. The molecular formula is C11H14FIN2OS. The smallest absolute Gasteiger partial charge is 0.241 e. The number of carbonyl (C=O) groups excluding carboxylic acids is 1. The molecular weight excluding hydrogens is 354 g/mol. The van der Waals surface area contributed by atoms with Crippen molar-refractivity contribution in [3.8, 4) is 0 Å². The lowest BCUT2D eigenvalue weighted by atomic mass is 10.2. The van der Waals surface area contributed by atoms with Crippen molar-refractivity contribution < 1.29 is 9.18 Å². The Morgan fingerprint density at radius 1 is 1.65 bits per heavy atom. The summed E-state index contributed by atoms with van der Waals surface area (Å²) in [6.45, 7) is 0. The summed E-state index contributed by atoms with van der Waals surface area (Å²) in [5.74, 6) is 0.207. The number of rotatable bonds is 5. The summed E-state index contributed by atoms with van der Waals surface area (Å²) in [5, 5.41) is 2.64. The largest absolute Gasteiger partial charge is 0.324 e. The van der Waals surface area contributed by atoms with Crippen LogP contribution in [0.4, 0.5) is 10.1 Å². The Bertz CT molecular complexity index is 403. The summed E-state index contributed by atoms with van der Waals surface area (Å²) < 4.78 is 13.6. The van der Waals surface area contributed by atoms with Crippen molar-refractivity contribution in [2.45, 2.75) is 12.5 Å². The zero-order valence-electron chi connectivity index (χ0n) is 9.37. The van der Waals surface area contributed by atoms with Crippen molar-refractivity contribution in [2.75, 3.05) is 17.3 Å². The minimum Gasteiger partial charge on any atom is -0.324 e. The molecule has 1 aromatic carbocycles. The third-order valence-electron chi connectivity index (χ3n) is 2.18. The minimum atomic E-state index is -0.554. The molecule has 17 heavy (non-hydrogen) atoms. The number of hydrogen-bond acceptors (Lipinski definition) is 3. The number of thioether (sulfide) groups is 1. The van der Waals surface area contributed by atoms with Crippen LogP contribution in [0.3, 0.4) is 0 Å². The van der Waals surface area contributed by atoms with Gasteiger partial charge in [-0.15, -0.1) is 0 Å². The Morgan fingerprint density at radius 2 is 2.35 bits per heavy atom. The van der Waals surface area contributed by atoms with E-state index in [0.29, 0.717) is 15.7 Å². The third-order valence-corrected chi connectivity index (χ3v) is 3.92. The number of amides is 1. The molecule has 0 unspecified atom stereocenters. The third kappa shape index (κ3) is 4.44. The van der Waals surface area contributed by atoms with E-state index in [0.717, 1.165) is 5.75 Å². The van der Waals surface area contributed by atoms with Crippen LogP contribution in [-0.2, 0) is 4.79 Å². The van der Waals surface area contributed by atoms with Crippen LogP contribution in [0, 0.1) is 9.39 Å². The second-order valence-electron chi connectivity index (χ2n) is 3.48. The van der Waals surface area contributed by atoms with E-state index in [1.54, 1.807) is 23.9 Å². The predicted octanol–water partition coefficient (Wildman–Crippen LogP) is 2.45. The maximum Gasteiger partial charge on any atom is 0.241 e. The molecule has 0 heterocycles. The highest BCUT2D eigenvalue weighted by Gasteiger charge is 2.15. The second-order valence-corrected chi connectivity index (χ2v) is 5.54. The first-order valence-corrected chi connectivity index (χ1v) is 7.53. The summed E-state index contributed by atoms with van der Waals surface area (Å²) in [4.78, 5) is 11.7. The van der Waals surface area contributed by atoms with Crippen LogP contribution in [0.1, 0.15) is 6.42 Å². The molecule has 0 aliphatic carbocycles. The van der Waals surface area contributed by atoms with Crippen molar-refractivity contribution in [1.82, 2.24) is 0 Å². The first kappa shape index (κ1) is 14.7. The number of carbonyl (C=O) groups is 1. The lowest BCUT2D eigenvalue weighted by Crippen LogP contribution is -2.36. The van der Waals surface area contributed by atoms with Crippen LogP contribution >= 0.6 is 34.4 Å². The van der Waals surface area contributed by atoms with Gasteiger partial charge in [0.25, 0.3) is 0 Å². The van der Waals surface area contributed by atoms with Crippen LogP contribution in [0.25, 0.3) is 0 Å². The monoisotopic (exact) mass is 368 g/mol. The lowest BCUT2D eigenvalue weighted by Gasteiger charge is -2.12. The van der Waals surface area contributed by atoms with Crippen molar-refractivity contribution in [3.05, 3.63) is 27.6 Å². The molecule has 1 aromatic rings. The Hall–Kier alpha value is -0.340. The number of anilines is 1. The van der Waals surface area contributed by atoms with E-state index in [1.807, 2.05) is 28.8 Å². The SMILES string of the molecule is CSCC[C@@H](N)C(=O)Nc1cccc(F)c1I. The van der Waals surface area contributed by atoms with Crippen LogP contribution < -0.4 is 11.1 Å². The van der Waals surface area contributed by atoms with Gasteiger partial charge in [0.1, 0.15) is 5.82 Å². The number of benzene rings is 1. The fourth-order valence-electron chi connectivity index (χ4n) is 1.20. The molecule has 3 N–H and O–H groups in total. The van der Waals surface area contributed by atoms with Crippen molar-refractivity contribution in [3.63, 3.8) is 0 Å². The topological polar surface area (TPSA) is 55.1 Å². The number of hydrogen-bond donors (Lipinski definition) is 2. The van der Waals surface area contributed by atoms with Crippen LogP contribution in [-0.4, -0.2) is 24.0 Å². The molecule has 0 saturated heterocycles. The van der Waals surface area contributed by atoms with Gasteiger partial charge < -0.3 is 11.1 Å². The van der Waals surface area contributed by atoms with E-state index in [2.05, 4.69) is 5.32 Å². The standard InChI is InChI=1S/C11H14FIN2OS/c1-17-6-5-8(14)11(16)15-9-4-2-3-7(12)10(9)13/h2-4,8H,5-6,14H2,1H3,(H,15,16)/t8-/m1/s1. The highest BCUT2D eigenvalue weighted by molar-refractivity contribution is 14.1. The van der Waals surface area contributed by atoms with Crippen molar-refractivity contribution >= 4 is 45.9 Å². The highest BCUT2D eigenvalue weighted by atomic mass is 127. The molecule has 0 bridgehead atoms. The average Bonchev–Trinajstić information content (AvgIpc) is 2.31. The van der Waals surface area contributed by atoms with Gasteiger partial charge in [0.15, 0.2) is 0 Å². The summed E-state index contributed by atoms with van der Waals surface area (Å²) in [7, 11) is 0. The summed E-state index contributed by atoms with van der Waals surface area (Å²) >= 11 is 3.49. The van der Waals surface area contributed by atoms with Crippen LogP contribution in [0.2, 0.25) is 0 Å². The van der Waals surface area contributed by atoms with Crippen molar-refractivity contribution in [2.24, 2.45) is 5.73 Å². The fraction of sp³-hybridized carbons (Fsp3) is 0.364. The van der Waals surface area contributed by atoms with Crippen LogP contribution in [0.15, 0.2) is 18.2 Å². The molecule has 0 aliphatic heterocycles. The zero-order chi connectivity index (χ0) is 12.8. The number of nitrogens with one attached hydrogen (secondary N) is 1. The minimum absolute atomic E-state index is 0.275. The molecule has 0 saturated carbocycles. The number of nitrogens with two attached hydrogens (primary N) is 1. The maximum absolute atomic E-state index is 13.2. The van der Waals surface area contributed by atoms with E-state index in [9.17, 15) is 9.18 Å². The molecule has 0 fully saturated rings. The summed E-state index contributed by atoms with van der Waals surface area (Å²) in [6, 6.07) is 4.01. The van der Waals surface area contributed by atoms with E-state index in [1.165, 1.54) is 6.07 Å². The molecule has 0 aromatic heterocycles. The van der Waals surface area contributed by atoms with Gasteiger partial charge in [-0.1, -0.05) is 6.07 Å². The number of halogens is 2. The van der Waals surface area contributed by atoms with E-state index in [-0.39, 0.29) is 11.7 Å². The maximum atomic E-state index is 13.2. The van der Waals surface area contributed by atoms with Crippen molar-refractivity contribution in [1.29, 1.82) is 0 Å². The Kier molecular flexibility index (Phi) is 6.21. The molecule has 0 radical (unpaired) electrons. The first-order valence-electron chi connectivity index (χ1n) is 5.05. The predicted molar refractivity (Wildman–Crippen MR) is 78.7 cm³/mol. The Labute approximate surface area is 118 Å². The van der Waals surface area contributed by atoms with Gasteiger partial charge in [-0.05, 0) is 53.2 Å². The van der Waals surface area contributed by atoms with Gasteiger partial charge >= 0.3 is 0 Å².